The minimum atomic E-state index is -0.0885. The largest absolute Gasteiger partial charge is 0.399 e. The summed E-state index contributed by atoms with van der Waals surface area (Å²) in [5.74, 6) is -0.0885. The fourth-order valence-corrected chi connectivity index (χ4v) is 2.44. The van der Waals surface area contributed by atoms with E-state index < -0.39 is 0 Å². The Hall–Kier alpha value is -1.88. The molecule has 0 unspecified atom stereocenters. The predicted molar refractivity (Wildman–Crippen MR) is 74.7 cm³/mol. The van der Waals surface area contributed by atoms with Gasteiger partial charge in [-0.15, -0.1) is 11.3 Å². The second-order valence-electron chi connectivity index (χ2n) is 4.05. The average Bonchev–Trinajstić information content (AvgIpc) is 2.75. The van der Waals surface area contributed by atoms with Crippen LogP contribution in [0.1, 0.15) is 17.4 Å². The molecule has 2 rings (SSSR count). The number of hydrogen-bond donors (Lipinski definition) is 2. The van der Waals surface area contributed by atoms with E-state index in [2.05, 4.69) is 10.3 Å². The fraction of sp³-hybridized carbons (Fsp3) is 0.231. The van der Waals surface area contributed by atoms with E-state index in [1.807, 2.05) is 30.5 Å². The van der Waals surface area contributed by atoms with Crippen LogP contribution >= 0.6 is 11.3 Å². The van der Waals surface area contributed by atoms with Crippen LogP contribution in [0.2, 0.25) is 0 Å². The lowest BCUT2D eigenvalue weighted by molar-refractivity contribution is -0.114. The van der Waals surface area contributed by atoms with Gasteiger partial charge in [0, 0.05) is 23.7 Å². The molecular formula is C13H15N3OS. The van der Waals surface area contributed by atoms with Crippen LogP contribution in [0.5, 0.6) is 0 Å². The van der Waals surface area contributed by atoms with Gasteiger partial charge in [-0.2, -0.15) is 0 Å². The smallest absolute Gasteiger partial charge is 0.223 e. The maximum absolute atomic E-state index is 10.9. The average molecular weight is 261 g/mol. The number of thiazole rings is 1. The molecule has 18 heavy (non-hydrogen) atoms. The Labute approximate surface area is 110 Å². The highest BCUT2D eigenvalue weighted by molar-refractivity contribution is 7.15. The molecule has 0 aliphatic heterocycles. The van der Waals surface area contributed by atoms with Crippen LogP contribution in [0.15, 0.2) is 30.5 Å². The lowest BCUT2D eigenvalue weighted by Crippen LogP contribution is -2.04. The van der Waals surface area contributed by atoms with Gasteiger partial charge in [-0.1, -0.05) is 12.1 Å². The van der Waals surface area contributed by atoms with E-state index in [-0.39, 0.29) is 5.91 Å². The van der Waals surface area contributed by atoms with E-state index in [0.717, 1.165) is 23.4 Å². The first-order valence-corrected chi connectivity index (χ1v) is 6.52. The molecule has 1 heterocycles. The summed E-state index contributed by atoms with van der Waals surface area (Å²) in [4.78, 5) is 16.2. The maximum atomic E-state index is 10.9. The number of nitrogens with one attached hydrogen (secondary N) is 1. The lowest BCUT2D eigenvalue weighted by Gasteiger charge is -2.00. The Morgan fingerprint density at radius 2 is 2.06 bits per heavy atom. The predicted octanol–water partition coefficient (Wildman–Crippen LogP) is 2.47. The van der Waals surface area contributed by atoms with Crippen molar-refractivity contribution in [2.75, 3.05) is 11.1 Å². The number of carbonyl (C=O) groups is 1. The molecule has 0 saturated heterocycles. The Bertz CT molecular complexity index is 533. The first-order valence-electron chi connectivity index (χ1n) is 5.70. The zero-order valence-corrected chi connectivity index (χ0v) is 11.0. The highest BCUT2D eigenvalue weighted by atomic mass is 32.1. The van der Waals surface area contributed by atoms with E-state index in [9.17, 15) is 4.79 Å². The molecule has 1 aromatic heterocycles. The molecule has 5 heteroatoms. The minimum Gasteiger partial charge on any atom is -0.399 e. The summed E-state index contributed by atoms with van der Waals surface area (Å²) in [5, 5.41) is 3.34. The second-order valence-corrected chi connectivity index (χ2v) is 5.17. The number of nitrogens with two attached hydrogens (primary N) is 1. The van der Waals surface area contributed by atoms with Crippen molar-refractivity contribution in [3.63, 3.8) is 0 Å². The van der Waals surface area contributed by atoms with Crippen LogP contribution in [-0.2, 0) is 17.6 Å². The Kier molecular flexibility index (Phi) is 3.94. The molecule has 94 valence electrons. The molecule has 0 fully saturated rings. The van der Waals surface area contributed by atoms with E-state index in [1.165, 1.54) is 23.8 Å². The number of carbonyl (C=O) groups excluding carboxylic acids is 1. The number of amides is 1. The standard InChI is InChI=1S/C13H15N3OS/c1-9(17)16-13-15-8-12(18-13)7-4-10-2-5-11(14)6-3-10/h2-3,5-6,8H,4,7,14H2,1H3,(H,15,16,17). The molecule has 0 spiro atoms. The number of anilines is 2. The van der Waals surface area contributed by atoms with Crippen molar-refractivity contribution in [2.24, 2.45) is 0 Å². The molecule has 0 radical (unpaired) electrons. The van der Waals surface area contributed by atoms with Crippen LogP contribution in [0, 0.1) is 0 Å². The third-order valence-electron chi connectivity index (χ3n) is 2.48. The SMILES string of the molecule is CC(=O)Nc1ncc(CCc2ccc(N)cc2)s1. The molecular weight excluding hydrogens is 246 g/mol. The summed E-state index contributed by atoms with van der Waals surface area (Å²) in [6.07, 6.45) is 3.68. The lowest BCUT2D eigenvalue weighted by atomic mass is 10.1. The molecule has 2 aromatic rings. The fourth-order valence-electron chi connectivity index (χ4n) is 1.58. The van der Waals surface area contributed by atoms with Gasteiger partial charge in [-0.05, 0) is 30.5 Å². The number of aromatic nitrogens is 1. The van der Waals surface area contributed by atoms with Crippen LogP contribution in [-0.4, -0.2) is 10.9 Å². The Balaban J connectivity index is 1.92. The molecule has 1 aromatic carbocycles. The van der Waals surface area contributed by atoms with E-state index in [4.69, 9.17) is 5.73 Å². The van der Waals surface area contributed by atoms with Gasteiger partial charge in [-0.3, -0.25) is 4.79 Å². The molecule has 0 aliphatic rings. The van der Waals surface area contributed by atoms with Crippen LogP contribution in [0.25, 0.3) is 0 Å². The molecule has 0 saturated carbocycles. The molecule has 0 bridgehead atoms. The van der Waals surface area contributed by atoms with Gasteiger partial charge < -0.3 is 11.1 Å². The van der Waals surface area contributed by atoms with E-state index in [1.54, 1.807) is 0 Å². The van der Waals surface area contributed by atoms with Crippen molar-refractivity contribution < 1.29 is 4.79 Å². The van der Waals surface area contributed by atoms with Gasteiger partial charge in [0.25, 0.3) is 0 Å². The third kappa shape index (κ3) is 3.56. The quantitative estimate of drug-likeness (QED) is 0.831. The number of aryl methyl sites for hydroxylation is 2. The van der Waals surface area contributed by atoms with Crippen LogP contribution in [0.4, 0.5) is 10.8 Å². The van der Waals surface area contributed by atoms with E-state index in [0.29, 0.717) is 5.13 Å². The van der Waals surface area contributed by atoms with Gasteiger partial charge in [-0.25, -0.2) is 4.98 Å². The summed E-state index contributed by atoms with van der Waals surface area (Å²) in [5.41, 5.74) is 7.67. The number of rotatable bonds is 4. The van der Waals surface area contributed by atoms with Crippen molar-refractivity contribution in [1.29, 1.82) is 0 Å². The summed E-state index contributed by atoms with van der Waals surface area (Å²) in [7, 11) is 0. The number of benzene rings is 1. The highest BCUT2D eigenvalue weighted by Gasteiger charge is 2.03. The topological polar surface area (TPSA) is 68.0 Å². The second kappa shape index (κ2) is 5.64. The zero-order chi connectivity index (χ0) is 13.0. The van der Waals surface area contributed by atoms with Gasteiger partial charge in [0.1, 0.15) is 0 Å². The molecule has 4 nitrogen and oxygen atoms in total. The summed E-state index contributed by atoms with van der Waals surface area (Å²) in [6.45, 7) is 1.48. The van der Waals surface area contributed by atoms with Crippen LogP contribution in [0.3, 0.4) is 0 Å². The molecule has 0 atom stereocenters. The number of nitrogens with zero attached hydrogens (tertiary/aromatic N) is 1. The minimum absolute atomic E-state index is 0.0885. The highest BCUT2D eigenvalue weighted by Crippen LogP contribution is 2.20. The monoisotopic (exact) mass is 261 g/mol. The molecule has 0 aliphatic carbocycles. The van der Waals surface area contributed by atoms with Gasteiger partial charge in [0.15, 0.2) is 5.13 Å². The summed E-state index contributed by atoms with van der Waals surface area (Å²) in [6, 6.07) is 7.88. The zero-order valence-electron chi connectivity index (χ0n) is 10.1. The maximum Gasteiger partial charge on any atom is 0.223 e. The van der Waals surface area contributed by atoms with Crippen LogP contribution < -0.4 is 11.1 Å². The normalized spacial score (nSPS) is 10.3. The van der Waals surface area contributed by atoms with Gasteiger partial charge in [0.2, 0.25) is 5.91 Å². The summed E-state index contributed by atoms with van der Waals surface area (Å²) >= 11 is 1.52. The van der Waals surface area contributed by atoms with Crippen molar-refractivity contribution in [2.45, 2.75) is 19.8 Å². The molecule has 1 amide bonds. The first kappa shape index (κ1) is 12.6. The van der Waals surface area contributed by atoms with Crippen molar-refractivity contribution in [1.82, 2.24) is 4.98 Å². The van der Waals surface area contributed by atoms with Crippen molar-refractivity contribution in [3.05, 3.63) is 40.9 Å². The van der Waals surface area contributed by atoms with Gasteiger partial charge >= 0.3 is 0 Å². The number of nitrogen functional groups attached to an aromatic ring is 1. The Morgan fingerprint density at radius 3 is 2.72 bits per heavy atom. The third-order valence-corrected chi connectivity index (χ3v) is 3.45. The molecule has 3 N–H and O–H groups in total. The van der Waals surface area contributed by atoms with E-state index >= 15 is 0 Å². The first-order chi connectivity index (χ1) is 8.63. The van der Waals surface area contributed by atoms with Crippen molar-refractivity contribution >= 4 is 28.1 Å². The summed E-state index contributed by atoms with van der Waals surface area (Å²) < 4.78 is 0. The van der Waals surface area contributed by atoms with Gasteiger partial charge in [0.05, 0.1) is 0 Å². The van der Waals surface area contributed by atoms with Crippen molar-refractivity contribution in [3.8, 4) is 0 Å². The Morgan fingerprint density at radius 1 is 1.33 bits per heavy atom. The number of hydrogen-bond acceptors (Lipinski definition) is 4.